The number of aliphatic hydroxyl groups is 1. The molecule has 4 rings (SSSR count). The van der Waals surface area contributed by atoms with Gasteiger partial charge in [0.1, 0.15) is 11.5 Å². The van der Waals surface area contributed by atoms with Crippen molar-refractivity contribution in [3.63, 3.8) is 0 Å². The van der Waals surface area contributed by atoms with Crippen LogP contribution in [-0.2, 0) is 9.59 Å². The summed E-state index contributed by atoms with van der Waals surface area (Å²) in [5.74, 6) is -0.899. The minimum atomic E-state index is -0.756. The van der Waals surface area contributed by atoms with Crippen LogP contribution in [0.5, 0.6) is 5.75 Å². The Labute approximate surface area is 181 Å². The normalized spacial score (nSPS) is 17.8. The number of hydrogen-bond acceptors (Lipinski definition) is 4. The molecule has 0 aliphatic carbocycles. The smallest absolute Gasteiger partial charge is 0.300 e. The Hall–Kier alpha value is -3.86. The molecule has 5 nitrogen and oxygen atoms in total. The van der Waals surface area contributed by atoms with E-state index in [-0.39, 0.29) is 11.3 Å². The quantitative estimate of drug-likeness (QED) is 0.374. The molecule has 5 heteroatoms. The van der Waals surface area contributed by atoms with E-state index in [0.29, 0.717) is 22.6 Å². The molecule has 1 N–H and O–H groups in total. The van der Waals surface area contributed by atoms with Crippen molar-refractivity contribution >= 4 is 23.1 Å². The number of amides is 1. The first-order valence-electron chi connectivity index (χ1n) is 9.99. The zero-order chi connectivity index (χ0) is 22.1. The molecule has 3 aromatic carbocycles. The number of aliphatic hydroxyl groups excluding tert-OH is 1. The second-order valence-corrected chi connectivity index (χ2v) is 7.65. The molecule has 1 saturated heterocycles. The third-order valence-electron chi connectivity index (χ3n) is 5.48. The van der Waals surface area contributed by atoms with Crippen LogP contribution in [0.15, 0.2) is 78.4 Å². The highest BCUT2D eigenvalue weighted by Gasteiger charge is 2.46. The Balaban J connectivity index is 1.93. The van der Waals surface area contributed by atoms with Crippen LogP contribution < -0.4 is 9.64 Å². The topological polar surface area (TPSA) is 66.8 Å². The van der Waals surface area contributed by atoms with Crippen LogP contribution in [0.25, 0.3) is 5.76 Å². The van der Waals surface area contributed by atoms with Gasteiger partial charge in [-0.1, -0.05) is 54.1 Å². The van der Waals surface area contributed by atoms with Gasteiger partial charge in [0.15, 0.2) is 0 Å². The third kappa shape index (κ3) is 3.70. The summed E-state index contributed by atoms with van der Waals surface area (Å²) in [5, 5.41) is 11.1. The minimum absolute atomic E-state index is 0.0699. The summed E-state index contributed by atoms with van der Waals surface area (Å²) in [5.41, 5.74) is 3.86. The van der Waals surface area contributed by atoms with Crippen molar-refractivity contribution < 1.29 is 19.4 Å². The number of rotatable bonds is 4. The Bertz CT molecular complexity index is 1180. The first kappa shape index (κ1) is 20.4. The van der Waals surface area contributed by atoms with Gasteiger partial charge < -0.3 is 9.84 Å². The minimum Gasteiger partial charge on any atom is -0.507 e. The van der Waals surface area contributed by atoms with E-state index in [1.54, 1.807) is 49.6 Å². The van der Waals surface area contributed by atoms with Crippen molar-refractivity contribution in [2.45, 2.75) is 19.9 Å². The number of hydrogen-bond donors (Lipinski definition) is 1. The second-order valence-electron chi connectivity index (χ2n) is 7.65. The van der Waals surface area contributed by atoms with Crippen molar-refractivity contribution in [2.75, 3.05) is 12.0 Å². The number of Topliss-reactive ketones (excluding diaryl/α,β-unsaturated/α-hetero) is 1. The molecule has 0 bridgehead atoms. The van der Waals surface area contributed by atoms with Gasteiger partial charge in [-0.05, 0) is 49.2 Å². The van der Waals surface area contributed by atoms with Gasteiger partial charge in [0, 0.05) is 11.3 Å². The lowest BCUT2D eigenvalue weighted by Crippen LogP contribution is -2.29. The standard InChI is InChI=1S/C26H23NO4/c1-16-7-9-19(10-8-16)24(28)22-23(18-11-13-21(31-3)14-12-18)27(26(30)25(22)29)20-6-4-5-17(2)15-20/h4-15,23,28H,1-3H3/b24-22+. The van der Waals surface area contributed by atoms with E-state index in [9.17, 15) is 14.7 Å². The maximum absolute atomic E-state index is 13.1. The first-order chi connectivity index (χ1) is 14.9. The number of carbonyl (C=O) groups excluding carboxylic acids is 2. The molecule has 1 aliphatic rings. The van der Waals surface area contributed by atoms with Gasteiger partial charge in [0.25, 0.3) is 11.7 Å². The van der Waals surface area contributed by atoms with Crippen molar-refractivity contribution in [1.29, 1.82) is 0 Å². The molecule has 31 heavy (non-hydrogen) atoms. The van der Waals surface area contributed by atoms with Gasteiger partial charge in [-0.2, -0.15) is 0 Å². The summed E-state index contributed by atoms with van der Waals surface area (Å²) in [7, 11) is 1.57. The number of ketones is 1. The van der Waals surface area contributed by atoms with Crippen LogP contribution in [-0.4, -0.2) is 23.9 Å². The summed E-state index contributed by atoms with van der Waals surface area (Å²) in [6.07, 6.45) is 0. The average Bonchev–Trinajstić information content (AvgIpc) is 3.04. The number of anilines is 1. The number of ether oxygens (including phenoxy) is 1. The first-order valence-corrected chi connectivity index (χ1v) is 9.99. The fourth-order valence-electron chi connectivity index (χ4n) is 3.85. The summed E-state index contributed by atoms with van der Waals surface area (Å²) < 4.78 is 5.25. The zero-order valence-corrected chi connectivity index (χ0v) is 17.6. The van der Waals surface area contributed by atoms with E-state index in [1.807, 2.05) is 44.2 Å². The summed E-state index contributed by atoms with van der Waals surface area (Å²) in [6.45, 7) is 3.87. The van der Waals surface area contributed by atoms with E-state index >= 15 is 0 Å². The van der Waals surface area contributed by atoms with Gasteiger partial charge >= 0.3 is 0 Å². The highest BCUT2D eigenvalue weighted by Crippen LogP contribution is 2.42. The molecule has 1 fully saturated rings. The number of carbonyl (C=O) groups is 2. The predicted molar refractivity (Wildman–Crippen MR) is 120 cm³/mol. The summed E-state index contributed by atoms with van der Waals surface area (Å²) in [4.78, 5) is 27.7. The molecule has 1 unspecified atom stereocenters. The molecule has 1 amide bonds. The second kappa shape index (κ2) is 8.11. The number of methoxy groups -OCH3 is 1. The van der Waals surface area contributed by atoms with Gasteiger partial charge in [0.2, 0.25) is 0 Å². The maximum Gasteiger partial charge on any atom is 0.300 e. The van der Waals surface area contributed by atoms with Crippen molar-refractivity contribution in [3.8, 4) is 5.75 Å². The highest BCUT2D eigenvalue weighted by atomic mass is 16.5. The van der Waals surface area contributed by atoms with Crippen LogP contribution in [0, 0.1) is 13.8 Å². The lowest BCUT2D eigenvalue weighted by Gasteiger charge is -2.26. The average molecular weight is 413 g/mol. The molecular weight excluding hydrogens is 390 g/mol. The Morgan fingerprint density at radius 3 is 2.19 bits per heavy atom. The van der Waals surface area contributed by atoms with Gasteiger partial charge in [0.05, 0.1) is 18.7 Å². The molecule has 0 radical (unpaired) electrons. The van der Waals surface area contributed by atoms with Crippen LogP contribution in [0.2, 0.25) is 0 Å². The van der Waals surface area contributed by atoms with Gasteiger partial charge in [-0.15, -0.1) is 0 Å². The Kier molecular flexibility index (Phi) is 5.34. The van der Waals surface area contributed by atoms with Gasteiger partial charge in [-0.25, -0.2) is 0 Å². The lowest BCUT2D eigenvalue weighted by atomic mass is 9.94. The highest BCUT2D eigenvalue weighted by molar-refractivity contribution is 6.51. The van der Waals surface area contributed by atoms with Crippen LogP contribution in [0.4, 0.5) is 5.69 Å². The van der Waals surface area contributed by atoms with E-state index < -0.39 is 17.7 Å². The molecule has 1 aliphatic heterocycles. The molecule has 0 aromatic heterocycles. The molecule has 156 valence electrons. The van der Waals surface area contributed by atoms with Gasteiger partial charge in [-0.3, -0.25) is 14.5 Å². The van der Waals surface area contributed by atoms with E-state index in [0.717, 1.165) is 11.1 Å². The monoisotopic (exact) mass is 413 g/mol. The van der Waals surface area contributed by atoms with Crippen molar-refractivity contribution in [3.05, 3.63) is 101 Å². The number of benzene rings is 3. The van der Waals surface area contributed by atoms with E-state index in [4.69, 9.17) is 4.74 Å². The fraction of sp³-hybridized carbons (Fsp3) is 0.154. The molecule has 3 aromatic rings. The molecule has 0 saturated carbocycles. The molecule has 1 atom stereocenters. The van der Waals surface area contributed by atoms with Crippen LogP contribution >= 0.6 is 0 Å². The fourth-order valence-corrected chi connectivity index (χ4v) is 3.85. The Morgan fingerprint density at radius 2 is 1.58 bits per heavy atom. The van der Waals surface area contributed by atoms with E-state index in [2.05, 4.69) is 0 Å². The molecular formula is C26H23NO4. The van der Waals surface area contributed by atoms with E-state index in [1.165, 1.54) is 4.90 Å². The van der Waals surface area contributed by atoms with Crippen molar-refractivity contribution in [1.82, 2.24) is 0 Å². The third-order valence-corrected chi connectivity index (χ3v) is 5.48. The zero-order valence-electron chi connectivity index (χ0n) is 17.6. The summed E-state index contributed by atoms with van der Waals surface area (Å²) in [6, 6.07) is 21.0. The Morgan fingerprint density at radius 1 is 0.903 bits per heavy atom. The number of nitrogens with zero attached hydrogens (tertiary/aromatic N) is 1. The lowest BCUT2D eigenvalue weighted by molar-refractivity contribution is -0.132. The van der Waals surface area contributed by atoms with Crippen molar-refractivity contribution in [2.24, 2.45) is 0 Å². The maximum atomic E-state index is 13.1. The predicted octanol–water partition coefficient (Wildman–Crippen LogP) is 4.94. The SMILES string of the molecule is COc1ccc(C2/C(=C(\O)c3ccc(C)cc3)C(=O)C(=O)N2c2cccc(C)c2)cc1. The molecule has 0 spiro atoms. The van der Waals surface area contributed by atoms with Crippen LogP contribution in [0.1, 0.15) is 28.3 Å². The summed E-state index contributed by atoms with van der Waals surface area (Å²) >= 11 is 0. The number of aryl methyl sites for hydroxylation is 2. The largest absolute Gasteiger partial charge is 0.507 e. The molecule has 1 heterocycles. The van der Waals surface area contributed by atoms with Crippen LogP contribution in [0.3, 0.4) is 0 Å².